The third-order valence-electron chi connectivity index (χ3n) is 1.76. The number of benzene rings is 1. The zero-order valence-electron chi connectivity index (χ0n) is 6.99. The molecule has 0 spiro atoms. The molecule has 0 aliphatic rings. The third kappa shape index (κ3) is 1.78. The summed E-state index contributed by atoms with van der Waals surface area (Å²) < 4.78 is 1.13. The molecule has 1 heterocycles. The van der Waals surface area contributed by atoms with Gasteiger partial charge in [-0.25, -0.2) is 0 Å². The van der Waals surface area contributed by atoms with Crippen molar-refractivity contribution in [1.82, 2.24) is 10.2 Å². The van der Waals surface area contributed by atoms with Crippen molar-refractivity contribution >= 4 is 27.3 Å². The van der Waals surface area contributed by atoms with E-state index < -0.39 is 0 Å². The average molecular weight is 255 g/mol. The number of halogens is 1. The van der Waals surface area contributed by atoms with Gasteiger partial charge in [0.1, 0.15) is 10.5 Å². The Morgan fingerprint density at radius 1 is 1.38 bits per heavy atom. The van der Waals surface area contributed by atoms with Gasteiger partial charge in [-0.05, 0) is 24.6 Å². The molecule has 2 nitrogen and oxygen atoms in total. The van der Waals surface area contributed by atoms with E-state index in [0.29, 0.717) is 0 Å². The lowest BCUT2D eigenvalue weighted by Crippen LogP contribution is -1.80. The number of aryl methyl sites for hydroxylation is 1. The molecule has 66 valence electrons. The van der Waals surface area contributed by atoms with E-state index >= 15 is 0 Å². The molecule has 0 saturated carbocycles. The highest BCUT2D eigenvalue weighted by Gasteiger charge is 2.02. The lowest BCUT2D eigenvalue weighted by Gasteiger charge is -1.99. The predicted octanol–water partition coefficient (Wildman–Crippen LogP) is 3.28. The lowest BCUT2D eigenvalue weighted by atomic mass is 10.1. The van der Waals surface area contributed by atoms with Crippen LogP contribution in [0, 0.1) is 6.92 Å². The summed E-state index contributed by atoms with van der Waals surface area (Å²) in [5.41, 5.74) is 4.09. The highest BCUT2D eigenvalue weighted by Crippen LogP contribution is 2.25. The first-order valence-corrected chi connectivity index (χ1v) is 5.47. The fourth-order valence-electron chi connectivity index (χ4n) is 1.08. The first kappa shape index (κ1) is 8.84. The Morgan fingerprint density at radius 2 is 2.23 bits per heavy atom. The number of hydrogen-bond acceptors (Lipinski definition) is 3. The van der Waals surface area contributed by atoms with Gasteiger partial charge < -0.3 is 0 Å². The molecule has 13 heavy (non-hydrogen) atoms. The van der Waals surface area contributed by atoms with Gasteiger partial charge in [0.25, 0.3) is 0 Å². The Kier molecular flexibility index (Phi) is 2.42. The predicted molar refractivity (Wildman–Crippen MR) is 57.8 cm³/mol. The zero-order valence-corrected chi connectivity index (χ0v) is 9.39. The Hall–Kier alpha value is -0.740. The minimum absolute atomic E-state index is 0.968. The van der Waals surface area contributed by atoms with Crippen LogP contribution < -0.4 is 0 Å². The van der Waals surface area contributed by atoms with Gasteiger partial charge in [-0.1, -0.05) is 33.3 Å². The SMILES string of the molecule is Cc1cc(-c2nncs2)ccc1Br. The molecular weight excluding hydrogens is 248 g/mol. The van der Waals surface area contributed by atoms with Crippen LogP contribution in [0.15, 0.2) is 28.2 Å². The summed E-state index contributed by atoms with van der Waals surface area (Å²) in [4.78, 5) is 0. The van der Waals surface area contributed by atoms with Crippen molar-refractivity contribution in [3.8, 4) is 10.6 Å². The van der Waals surface area contributed by atoms with Crippen molar-refractivity contribution in [2.45, 2.75) is 6.92 Å². The molecule has 4 heteroatoms. The highest BCUT2D eigenvalue weighted by atomic mass is 79.9. The summed E-state index contributed by atoms with van der Waals surface area (Å²) in [7, 11) is 0. The van der Waals surface area contributed by atoms with Gasteiger partial charge in [0, 0.05) is 10.0 Å². The molecule has 2 aromatic rings. The molecule has 0 N–H and O–H groups in total. The Labute approximate surface area is 88.8 Å². The molecule has 0 amide bonds. The second kappa shape index (κ2) is 3.55. The van der Waals surface area contributed by atoms with E-state index in [4.69, 9.17) is 0 Å². The summed E-state index contributed by atoms with van der Waals surface area (Å²) in [5, 5.41) is 8.79. The largest absolute Gasteiger partial charge is 0.147 e. The fraction of sp³-hybridized carbons (Fsp3) is 0.111. The van der Waals surface area contributed by atoms with Crippen LogP contribution in [-0.4, -0.2) is 10.2 Å². The molecule has 0 unspecified atom stereocenters. The van der Waals surface area contributed by atoms with E-state index in [0.717, 1.165) is 15.0 Å². The molecule has 2 rings (SSSR count). The monoisotopic (exact) mass is 254 g/mol. The second-order valence-corrected chi connectivity index (χ2v) is 4.40. The van der Waals surface area contributed by atoms with Crippen LogP contribution in [0.4, 0.5) is 0 Å². The van der Waals surface area contributed by atoms with Gasteiger partial charge in [0.2, 0.25) is 0 Å². The van der Waals surface area contributed by atoms with E-state index in [-0.39, 0.29) is 0 Å². The maximum Gasteiger partial charge on any atom is 0.147 e. The molecule has 0 aliphatic heterocycles. The maximum absolute atomic E-state index is 4.01. The van der Waals surface area contributed by atoms with Gasteiger partial charge in [-0.15, -0.1) is 10.2 Å². The first-order chi connectivity index (χ1) is 6.27. The third-order valence-corrected chi connectivity index (χ3v) is 3.39. The highest BCUT2D eigenvalue weighted by molar-refractivity contribution is 9.10. The van der Waals surface area contributed by atoms with Gasteiger partial charge in [-0.3, -0.25) is 0 Å². The van der Waals surface area contributed by atoms with Crippen LogP contribution in [0.2, 0.25) is 0 Å². The van der Waals surface area contributed by atoms with Crippen molar-refractivity contribution in [3.05, 3.63) is 33.7 Å². The van der Waals surface area contributed by atoms with Crippen LogP contribution >= 0.6 is 27.3 Å². The molecule has 0 bridgehead atoms. The summed E-state index contributed by atoms with van der Waals surface area (Å²) in [6, 6.07) is 6.17. The molecule has 0 fully saturated rings. The van der Waals surface area contributed by atoms with E-state index in [2.05, 4.69) is 39.1 Å². The second-order valence-electron chi connectivity index (χ2n) is 2.71. The summed E-state index contributed by atoms with van der Waals surface area (Å²) in [5.74, 6) is 0. The summed E-state index contributed by atoms with van der Waals surface area (Å²) >= 11 is 5.01. The lowest BCUT2D eigenvalue weighted by molar-refractivity contribution is 1.09. The van der Waals surface area contributed by atoms with E-state index in [1.54, 1.807) is 16.8 Å². The molecule has 1 aromatic heterocycles. The van der Waals surface area contributed by atoms with Crippen molar-refractivity contribution in [1.29, 1.82) is 0 Å². The zero-order chi connectivity index (χ0) is 9.26. The van der Waals surface area contributed by atoms with Crippen LogP contribution in [0.1, 0.15) is 5.56 Å². The van der Waals surface area contributed by atoms with Crippen LogP contribution in [0.5, 0.6) is 0 Å². The van der Waals surface area contributed by atoms with E-state index in [1.165, 1.54) is 5.56 Å². The number of aromatic nitrogens is 2. The van der Waals surface area contributed by atoms with Gasteiger partial charge >= 0.3 is 0 Å². The van der Waals surface area contributed by atoms with Crippen molar-refractivity contribution in [2.75, 3.05) is 0 Å². The van der Waals surface area contributed by atoms with Crippen LogP contribution in [0.3, 0.4) is 0 Å². The van der Waals surface area contributed by atoms with Gasteiger partial charge in [-0.2, -0.15) is 0 Å². The summed E-state index contributed by atoms with van der Waals surface area (Å²) in [6.45, 7) is 2.06. The number of rotatable bonds is 1. The summed E-state index contributed by atoms with van der Waals surface area (Å²) in [6.07, 6.45) is 0. The molecule has 0 atom stereocenters. The molecular formula is C9H7BrN2S. The fourth-order valence-corrected chi connectivity index (χ4v) is 1.87. The topological polar surface area (TPSA) is 25.8 Å². The van der Waals surface area contributed by atoms with Crippen molar-refractivity contribution < 1.29 is 0 Å². The van der Waals surface area contributed by atoms with Crippen molar-refractivity contribution in [2.24, 2.45) is 0 Å². The Morgan fingerprint density at radius 3 is 2.85 bits per heavy atom. The minimum Gasteiger partial charge on any atom is -0.147 e. The smallest absolute Gasteiger partial charge is 0.147 e. The quantitative estimate of drug-likeness (QED) is 0.781. The first-order valence-electron chi connectivity index (χ1n) is 3.80. The van der Waals surface area contributed by atoms with Gasteiger partial charge in [0.05, 0.1) is 0 Å². The average Bonchev–Trinajstić information content (AvgIpc) is 2.62. The molecule has 0 aliphatic carbocycles. The number of hydrogen-bond donors (Lipinski definition) is 0. The number of nitrogens with zero attached hydrogens (tertiary/aromatic N) is 2. The van der Waals surface area contributed by atoms with Crippen LogP contribution in [-0.2, 0) is 0 Å². The maximum atomic E-state index is 4.01. The standard InChI is InChI=1S/C9H7BrN2S/c1-6-4-7(2-3-8(6)10)9-12-11-5-13-9/h2-5H,1H3. The van der Waals surface area contributed by atoms with Crippen LogP contribution in [0.25, 0.3) is 10.6 Å². The van der Waals surface area contributed by atoms with E-state index in [9.17, 15) is 0 Å². The molecule has 0 saturated heterocycles. The normalized spacial score (nSPS) is 10.3. The Bertz CT molecular complexity index is 412. The molecule has 1 aromatic carbocycles. The van der Waals surface area contributed by atoms with Crippen molar-refractivity contribution in [3.63, 3.8) is 0 Å². The minimum atomic E-state index is 0.968. The van der Waals surface area contributed by atoms with E-state index in [1.807, 2.05) is 12.1 Å². The van der Waals surface area contributed by atoms with Gasteiger partial charge in [0.15, 0.2) is 0 Å². The molecule has 0 radical (unpaired) electrons. The Balaban J connectivity index is 2.49.